The van der Waals surface area contributed by atoms with Crippen LogP contribution in [0.3, 0.4) is 0 Å². The van der Waals surface area contributed by atoms with Crippen molar-refractivity contribution in [1.82, 2.24) is 15.1 Å². The van der Waals surface area contributed by atoms with E-state index in [0.717, 1.165) is 11.3 Å². The van der Waals surface area contributed by atoms with Gasteiger partial charge in [0.25, 0.3) is 0 Å². The summed E-state index contributed by atoms with van der Waals surface area (Å²) >= 11 is 0. The van der Waals surface area contributed by atoms with Crippen LogP contribution in [0.2, 0.25) is 0 Å². The molecule has 0 unspecified atom stereocenters. The van der Waals surface area contributed by atoms with Crippen molar-refractivity contribution in [3.05, 3.63) is 17.0 Å². The Morgan fingerprint density at radius 2 is 2.12 bits per heavy atom. The van der Waals surface area contributed by atoms with Gasteiger partial charge in [0.15, 0.2) is 5.69 Å². The third-order valence-corrected chi connectivity index (χ3v) is 2.75. The summed E-state index contributed by atoms with van der Waals surface area (Å²) in [6.45, 7) is 0.870. The summed E-state index contributed by atoms with van der Waals surface area (Å²) in [5.41, 5.74) is 1.87. The molecule has 17 heavy (non-hydrogen) atoms. The van der Waals surface area contributed by atoms with E-state index in [1.807, 2.05) is 0 Å². The molecular weight excluding hydrogens is 226 g/mol. The normalized spacial score (nSPS) is 14.1. The maximum absolute atomic E-state index is 11.4. The lowest BCUT2D eigenvalue weighted by Gasteiger charge is -2.25. The van der Waals surface area contributed by atoms with Crippen molar-refractivity contribution < 1.29 is 19.1 Å². The fraction of sp³-hybridized carbons (Fsp3) is 0.500. The van der Waals surface area contributed by atoms with E-state index < -0.39 is 5.97 Å². The van der Waals surface area contributed by atoms with Crippen molar-refractivity contribution in [2.75, 3.05) is 20.8 Å². The van der Waals surface area contributed by atoms with Gasteiger partial charge in [-0.2, -0.15) is 5.10 Å². The Bertz CT molecular complexity index is 454. The van der Waals surface area contributed by atoms with Gasteiger partial charge in [-0.1, -0.05) is 0 Å². The molecule has 0 fully saturated rings. The Hall–Kier alpha value is -2.05. The largest absolute Gasteiger partial charge is 0.464 e. The number of amides is 1. The smallest absolute Gasteiger partial charge is 0.409 e. The monoisotopic (exact) mass is 239 g/mol. The Morgan fingerprint density at radius 1 is 1.35 bits per heavy atom. The maximum atomic E-state index is 11.4. The number of H-pyrrole nitrogens is 1. The maximum Gasteiger partial charge on any atom is 0.409 e. The van der Waals surface area contributed by atoms with Crippen LogP contribution in [0.15, 0.2) is 0 Å². The average molecular weight is 239 g/mol. The standard InChI is InChI=1S/C10H13N3O4/c1-16-9(14)8-6-3-4-13(10(15)17-2)5-7(6)11-12-8/h3-5H2,1-2H3,(H,11,12). The Morgan fingerprint density at radius 3 is 2.76 bits per heavy atom. The van der Waals surface area contributed by atoms with E-state index in [4.69, 9.17) is 0 Å². The highest BCUT2D eigenvalue weighted by atomic mass is 16.5. The van der Waals surface area contributed by atoms with Crippen LogP contribution in [0.5, 0.6) is 0 Å². The fourth-order valence-electron chi connectivity index (χ4n) is 1.87. The minimum atomic E-state index is -0.464. The van der Waals surface area contributed by atoms with Gasteiger partial charge in [0.05, 0.1) is 26.5 Å². The number of hydrogen-bond donors (Lipinski definition) is 1. The first-order chi connectivity index (χ1) is 8.17. The van der Waals surface area contributed by atoms with Gasteiger partial charge in [-0.05, 0) is 6.42 Å². The lowest BCUT2D eigenvalue weighted by Crippen LogP contribution is -2.36. The Balaban J connectivity index is 2.21. The molecule has 1 aliphatic heterocycles. The van der Waals surface area contributed by atoms with Crippen LogP contribution in [0, 0.1) is 0 Å². The van der Waals surface area contributed by atoms with Crippen molar-refractivity contribution >= 4 is 12.1 Å². The van der Waals surface area contributed by atoms with E-state index in [2.05, 4.69) is 19.7 Å². The van der Waals surface area contributed by atoms with Crippen LogP contribution in [-0.2, 0) is 22.4 Å². The lowest BCUT2D eigenvalue weighted by molar-refractivity contribution is 0.0592. The SMILES string of the molecule is COC(=O)c1n[nH]c2c1CCN(C(=O)OC)C2. The molecular formula is C10H13N3O4. The molecule has 7 heteroatoms. The number of methoxy groups -OCH3 is 2. The van der Waals surface area contributed by atoms with Crippen molar-refractivity contribution in [1.29, 1.82) is 0 Å². The highest BCUT2D eigenvalue weighted by molar-refractivity contribution is 5.89. The predicted molar refractivity (Wildman–Crippen MR) is 56.4 cm³/mol. The zero-order chi connectivity index (χ0) is 12.4. The quantitative estimate of drug-likeness (QED) is 0.713. The van der Waals surface area contributed by atoms with Crippen molar-refractivity contribution in [3.63, 3.8) is 0 Å². The lowest BCUT2D eigenvalue weighted by atomic mass is 10.0. The molecule has 0 saturated heterocycles. The van der Waals surface area contributed by atoms with Gasteiger partial charge in [0.1, 0.15) is 0 Å². The summed E-state index contributed by atoms with van der Waals surface area (Å²) in [5.74, 6) is -0.464. The van der Waals surface area contributed by atoms with E-state index in [1.165, 1.54) is 14.2 Å². The highest BCUT2D eigenvalue weighted by Crippen LogP contribution is 2.20. The second kappa shape index (κ2) is 4.44. The zero-order valence-corrected chi connectivity index (χ0v) is 9.65. The summed E-state index contributed by atoms with van der Waals surface area (Å²) in [4.78, 5) is 24.3. The molecule has 0 aromatic carbocycles. The number of aromatic nitrogens is 2. The summed E-state index contributed by atoms with van der Waals surface area (Å²) in [7, 11) is 2.65. The van der Waals surface area contributed by atoms with Crippen LogP contribution in [0.1, 0.15) is 21.7 Å². The molecule has 0 radical (unpaired) electrons. The molecule has 1 aromatic heterocycles. The minimum Gasteiger partial charge on any atom is -0.464 e. The Kier molecular flexibility index (Phi) is 2.99. The van der Waals surface area contributed by atoms with Crippen molar-refractivity contribution in [2.24, 2.45) is 0 Å². The molecule has 2 rings (SSSR count). The molecule has 1 aliphatic rings. The summed E-state index contributed by atoms with van der Waals surface area (Å²) in [5, 5.41) is 6.66. The number of ether oxygens (including phenoxy) is 2. The van der Waals surface area contributed by atoms with Gasteiger partial charge in [0, 0.05) is 12.1 Å². The van der Waals surface area contributed by atoms with Gasteiger partial charge in [-0.3, -0.25) is 5.10 Å². The van der Waals surface area contributed by atoms with E-state index in [9.17, 15) is 9.59 Å². The number of hydrogen-bond acceptors (Lipinski definition) is 5. The number of fused-ring (bicyclic) bond motifs is 1. The molecule has 0 saturated carbocycles. The summed E-state index contributed by atoms with van der Waals surface area (Å²) in [6, 6.07) is 0. The molecule has 92 valence electrons. The first kappa shape index (κ1) is 11.4. The number of aromatic amines is 1. The number of nitrogens with zero attached hydrogens (tertiary/aromatic N) is 2. The van der Waals surface area contributed by atoms with Gasteiger partial charge in [-0.15, -0.1) is 0 Å². The van der Waals surface area contributed by atoms with Crippen LogP contribution >= 0.6 is 0 Å². The van der Waals surface area contributed by atoms with E-state index in [-0.39, 0.29) is 6.09 Å². The average Bonchev–Trinajstić information content (AvgIpc) is 2.79. The first-order valence-corrected chi connectivity index (χ1v) is 5.14. The number of carbonyl (C=O) groups is 2. The molecule has 0 atom stereocenters. The van der Waals surface area contributed by atoms with E-state index in [0.29, 0.717) is 25.2 Å². The topological polar surface area (TPSA) is 84.5 Å². The van der Waals surface area contributed by atoms with Crippen molar-refractivity contribution in [3.8, 4) is 0 Å². The van der Waals surface area contributed by atoms with Crippen LogP contribution in [-0.4, -0.2) is 47.9 Å². The van der Waals surface area contributed by atoms with E-state index in [1.54, 1.807) is 4.90 Å². The number of carbonyl (C=O) groups excluding carboxylic acids is 2. The molecule has 2 heterocycles. The van der Waals surface area contributed by atoms with Gasteiger partial charge < -0.3 is 14.4 Å². The third kappa shape index (κ3) is 1.95. The molecule has 1 N–H and O–H groups in total. The summed E-state index contributed by atoms with van der Waals surface area (Å²) in [6.07, 6.45) is 0.176. The van der Waals surface area contributed by atoms with Gasteiger partial charge >= 0.3 is 12.1 Å². The number of nitrogens with one attached hydrogen (secondary N) is 1. The first-order valence-electron chi connectivity index (χ1n) is 5.14. The van der Waals surface area contributed by atoms with Crippen LogP contribution in [0.25, 0.3) is 0 Å². The molecule has 0 spiro atoms. The predicted octanol–water partition coefficient (Wildman–Crippen LogP) is 0.321. The third-order valence-electron chi connectivity index (χ3n) is 2.75. The summed E-state index contributed by atoms with van der Waals surface area (Å²) < 4.78 is 9.27. The molecule has 1 aromatic rings. The second-order valence-electron chi connectivity index (χ2n) is 3.66. The number of rotatable bonds is 1. The fourth-order valence-corrected chi connectivity index (χ4v) is 1.87. The van der Waals surface area contributed by atoms with Crippen molar-refractivity contribution in [2.45, 2.75) is 13.0 Å². The molecule has 0 bridgehead atoms. The highest BCUT2D eigenvalue weighted by Gasteiger charge is 2.27. The van der Waals surface area contributed by atoms with Gasteiger partial charge in [-0.25, -0.2) is 9.59 Å². The molecule has 1 amide bonds. The van der Waals surface area contributed by atoms with E-state index >= 15 is 0 Å². The second-order valence-corrected chi connectivity index (χ2v) is 3.66. The van der Waals surface area contributed by atoms with Crippen LogP contribution in [0.4, 0.5) is 4.79 Å². The molecule has 7 nitrogen and oxygen atoms in total. The zero-order valence-electron chi connectivity index (χ0n) is 9.65. The number of esters is 1. The minimum absolute atomic E-state index is 0.298. The molecule has 0 aliphatic carbocycles. The Labute approximate surface area is 97.7 Å². The van der Waals surface area contributed by atoms with Gasteiger partial charge in [0.2, 0.25) is 0 Å². The van der Waals surface area contributed by atoms with Crippen LogP contribution < -0.4 is 0 Å².